The number of hydrogen-bond acceptors (Lipinski definition) is 6. The summed E-state index contributed by atoms with van der Waals surface area (Å²) in [6.07, 6.45) is 0. The van der Waals surface area contributed by atoms with E-state index in [0.29, 0.717) is 6.07 Å². The SMILES string of the molecule is N#Cc1cc2c(C(=O)Nc3ccc(F)cc3F)cc(Oc3cccc(F)c3N)nc2cc1O. The Kier molecular flexibility index (Phi) is 5.46. The Bertz CT molecular complexity index is 1470. The number of halogens is 3. The number of carbonyl (C=O) groups is 1. The number of para-hydroxylation sites is 1. The van der Waals surface area contributed by atoms with E-state index in [-0.39, 0.29) is 45.0 Å². The van der Waals surface area contributed by atoms with Crippen LogP contribution in [0.4, 0.5) is 24.5 Å². The number of hydrogen-bond donors (Lipinski definition) is 3. The van der Waals surface area contributed by atoms with Crippen LogP contribution in [0.3, 0.4) is 0 Å². The van der Waals surface area contributed by atoms with Gasteiger partial charge in [0.05, 0.1) is 22.3 Å². The third kappa shape index (κ3) is 4.20. The molecule has 4 N–H and O–H groups in total. The summed E-state index contributed by atoms with van der Waals surface area (Å²) in [6.45, 7) is 0. The maximum absolute atomic E-state index is 14.0. The first-order valence-corrected chi connectivity index (χ1v) is 9.33. The van der Waals surface area contributed by atoms with Gasteiger partial charge in [-0.3, -0.25) is 4.79 Å². The van der Waals surface area contributed by atoms with Crippen LogP contribution in [0.2, 0.25) is 0 Å². The lowest BCUT2D eigenvalue weighted by Crippen LogP contribution is -2.14. The van der Waals surface area contributed by atoms with Gasteiger partial charge in [-0.1, -0.05) is 6.07 Å². The standard InChI is InChI=1S/C23H13F3N4O3/c24-12-4-5-17(16(26)7-12)30-23(32)14-8-21(33-20-3-1-2-15(25)22(20)28)29-18-9-19(31)11(10-27)6-13(14)18/h1-9,31H,28H2,(H,30,32). The van der Waals surface area contributed by atoms with Gasteiger partial charge in [0.1, 0.15) is 35.0 Å². The summed E-state index contributed by atoms with van der Waals surface area (Å²) in [7, 11) is 0. The Morgan fingerprint density at radius 3 is 2.61 bits per heavy atom. The van der Waals surface area contributed by atoms with Crippen molar-refractivity contribution in [2.45, 2.75) is 0 Å². The van der Waals surface area contributed by atoms with Crippen molar-refractivity contribution in [1.29, 1.82) is 5.26 Å². The Morgan fingerprint density at radius 1 is 1.09 bits per heavy atom. The van der Waals surface area contributed by atoms with Crippen LogP contribution in [-0.4, -0.2) is 16.0 Å². The summed E-state index contributed by atoms with van der Waals surface area (Å²) in [6, 6.07) is 11.8. The predicted molar refractivity (Wildman–Crippen MR) is 113 cm³/mol. The molecule has 1 heterocycles. The van der Waals surface area contributed by atoms with Crippen molar-refractivity contribution >= 4 is 28.2 Å². The number of nitrogen functional groups attached to an aromatic ring is 1. The molecule has 0 bridgehead atoms. The number of pyridine rings is 1. The van der Waals surface area contributed by atoms with Crippen LogP contribution in [-0.2, 0) is 0 Å². The molecule has 0 aliphatic heterocycles. The molecule has 3 aromatic carbocycles. The second kappa shape index (κ2) is 8.39. The fourth-order valence-electron chi connectivity index (χ4n) is 3.07. The lowest BCUT2D eigenvalue weighted by atomic mass is 10.0. The number of aromatic nitrogens is 1. The monoisotopic (exact) mass is 450 g/mol. The summed E-state index contributed by atoms with van der Waals surface area (Å²) in [5.74, 6) is -4.03. The minimum Gasteiger partial charge on any atom is -0.506 e. The van der Waals surface area contributed by atoms with E-state index in [1.165, 1.54) is 24.3 Å². The Hall–Kier alpha value is -4.78. The number of aromatic hydroxyl groups is 1. The summed E-state index contributed by atoms with van der Waals surface area (Å²) < 4.78 is 46.6. The number of phenols is 1. The minimum absolute atomic E-state index is 0.0590. The topological polar surface area (TPSA) is 121 Å². The molecule has 0 atom stereocenters. The number of nitrogens with two attached hydrogens (primary N) is 1. The quantitative estimate of drug-likeness (QED) is 0.382. The van der Waals surface area contributed by atoms with Crippen molar-refractivity contribution in [2.75, 3.05) is 11.1 Å². The number of phenolic OH excluding ortho intramolecular Hbond substituents is 1. The van der Waals surface area contributed by atoms with E-state index in [4.69, 9.17) is 10.5 Å². The summed E-state index contributed by atoms with van der Waals surface area (Å²) in [5.41, 5.74) is 4.92. The molecule has 0 saturated carbocycles. The number of carbonyl (C=O) groups excluding carboxylic acids is 1. The van der Waals surface area contributed by atoms with Gasteiger partial charge in [0.15, 0.2) is 5.75 Å². The molecule has 4 rings (SSSR count). The third-order valence-electron chi connectivity index (χ3n) is 4.67. The van der Waals surface area contributed by atoms with Gasteiger partial charge >= 0.3 is 0 Å². The van der Waals surface area contributed by atoms with E-state index < -0.39 is 29.1 Å². The summed E-state index contributed by atoms with van der Waals surface area (Å²) >= 11 is 0. The first-order chi connectivity index (χ1) is 15.8. The van der Waals surface area contributed by atoms with Crippen molar-refractivity contribution < 1.29 is 27.8 Å². The number of nitrogens with zero attached hydrogens (tertiary/aromatic N) is 2. The first-order valence-electron chi connectivity index (χ1n) is 9.33. The van der Waals surface area contributed by atoms with E-state index in [1.807, 2.05) is 0 Å². The van der Waals surface area contributed by atoms with Crippen LogP contribution in [0.15, 0.2) is 54.6 Å². The zero-order chi connectivity index (χ0) is 23.7. The van der Waals surface area contributed by atoms with E-state index in [2.05, 4.69) is 10.3 Å². The molecular formula is C23H13F3N4O3. The van der Waals surface area contributed by atoms with Crippen molar-refractivity contribution in [3.05, 3.63) is 83.2 Å². The van der Waals surface area contributed by atoms with E-state index in [0.717, 1.165) is 24.3 Å². The number of fused-ring (bicyclic) bond motifs is 1. The number of rotatable bonds is 4. The highest BCUT2D eigenvalue weighted by atomic mass is 19.1. The molecule has 0 saturated heterocycles. The van der Waals surface area contributed by atoms with Crippen LogP contribution in [0.5, 0.6) is 17.4 Å². The fourth-order valence-corrected chi connectivity index (χ4v) is 3.07. The van der Waals surface area contributed by atoms with Gasteiger partial charge in [-0.2, -0.15) is 5.26 Å². The van der Waals surface area contributed by atoms with Crippen molar-refractivity contribution in [1.82, 2.24) is 4.98 Å². The molecule has 0 aliphatic rings. The molecule has 0 fully saturated rings. The number of benzene rings is 3. The summed E-state index contributed by atoms with van der Waals surface area (Å²) in [4.78, 5) is 17.2. The third-order valence-corrected chi connectivity index (χ3v) is 4.67. The van der Waals surface area contributed by atoms with E-state index in [1.54, 1.807) is 6.07 Å². The van der Waals surface area contributed by atoms with Crippen LogP contribution in [0, 0.1) is 28.8 Å². The Morgan fingerprint density at radius 2 is 1.88 bits per heavy atom. The highest BCUT2D eigenvalue weighted by Crippen LogP contribution is 2.33. The molecule has 10 heteroatoms. The average Bonchev–Trinajstić information content (AvgIpc) is 2.77. The number of nitrogens with one attached hydrogen (secondary N) is 1. The molecular weight excluding hydrogens is 437 g/mol. The van der Waals surface area contributed by atoms with Crippen LogP contribution >= 0.6 is 0 Å². The van der Waals surface area contributed by atoms with E-state index in [9.17, 15) is 28.3 Å². The Balaban J connectivity index is 1.84. The maximum Gasteiger partial charge on any atom is 0.256 e. The van der Waals surface area contributed by atoms with Gasteiger partial charge in [0.25, 0.3) is 5.91 Å². The molecule has 0 spiro atoms. The maximum atomic E-state index is 14.0. The molecule has 33 heavy (non-hydrogen) atoms. The number of amides is 1. The summed E-state index contributed by atoms with van der Waals surface area (Å²) in [5, 5.41) is 21.7. The smallest absolute Gasteiger partial charge is 0.256 e. The average molecular weight is 450 g/mol. The first kappa shape index (κ1) is 21.5. The van der Waals surface area contributed by atoms with E-state index >= 15 is 0 Å². The zero-order valence-corrected chi connectivity index (χ0v) is 16.6. The van der Waals surface area contributed by atoms with Gasteiger partial charge < -0.3 is 20.9 Å². The number of anilines is 2. The number of nitriles is 1. The molecule has 0 radical (unpaired) electrons. The van der Waals surface area contributed by atoms with Crippen LogP contribution in [0.25, 0.3) is 10.9 Å². The minimum atomic E-state index is -0.999. The van der Waals surface area contributed by atoms with Gasteiger partial charge in [0, 0.05) is 23.6 Å². The lowest BCUT2D eigenvalue weighted by molar-refractivity contribution is 0.102. The van der Waals surface area contributed by atoms with Gasteiger partial charge in [-0.25, -0.2) is 18.2 Å². The molecule has 4 aromatic rings. The molecule has 0 aliphatic carbocycles. The van der Waals surface area contributed by atoms with Crippen LogP contribution in [0.1, 0.15) is 15.9 Å². The Labute approximate surface area is 184 Å². The second-order valence-corrected chi connectivity index (χ2v) is 6.84. The molecule has 1 amide bonds. The molecule has 164 valence electrons. The van der Waals surface area contributed by atoms with Gasteiger partial charge in [-0.15, -0.1) is 0 Å². The van der Waals surface area contributed by atoms with Crippen molar-refractivity contribution in [3.63, 3.8) is 0 Å². The normalized spacial score (nSPS) is 10.6. The van der Waals surface area contributed by atoms with Gasteiger partial charge in [0.2, 0.25) is 5.88 Å². The van der Waals surface area contributed by atoms with Crippen molar-refractivity contribution in [3.8, 4) is 23.4 Å². The molecule has 1 aromatic heterocycles. The van der Waals surface area contributed by atoms with Crippen LogP contribution < -0.4 is 15.8 Å². The lowest BCUT2D eigenvalue weighted by Gasteiger charge is -2.13. The second-order valence-electron chi connectivity index (χ2n) is 6.84. The number of ether oxygens (including phenoxy) is 1. The highest BCUT2D eigenvalue weighted by Gasteiger charge is 2.19. The predicted octanol–water partition coefficient (Wildman–Crippen LogP) is 4.86. The zero-order valence-electron chi connectivity index (χ0n) is 16.6. The van der Waals surface area contributed by atoms with Gasteiger partial charge in [-0.05, 0) is 30.3 Å². The molecule has 7 nitrogen and oxygen atoms in total. The van der Waals surface area contributed by atoms with Crippen molar-refractivity contribution in [2.24, 2.45) is 0 Å². The largest absolute Gasteiger partial charge is 0.506 e. The highest BCUT2D eigenvalue weighted by molar-refractivity contribution is 6.13. The molecule has 0 unspecified atom stereocenters. The fraction of sp³-hybridized carbons (Fsp3) is 0.